The third kappa shape index (κ3) is 3.00. The summed E-state index contributed by atoms with van der Waals surface area (Å²) in [4.78, 5) is 0. The van der Waals surface area contributed by atoms with Crippen LogP contribution in [0.4, 0.5) is 4.39 Å². The lowest BCUT2D eigenvalue weighted by molar-refractivity contribution is 0.303. The van der Waals surface area contributed by atoms with Crippen molar-refractivity contribution in [2.45, 2.75) is 20.5 Å². The van der Waals surface area contributed by atoms with Crippen LogP contribution in [0, 0.1) is 19.7 Å². The van der Waals surface area contributed by atoms with Crippen LogP contribution in [0.5, 0.6) is 11.5 Å². The fourth-order valence-electron chi connectivity index (χ4n) is 1.79. The van der Waals surface area contributed by atoms with Crippen LogP contribution in [-0.2, 0) is 6.61 Å². The van der Waals surface area contributed by atoms with E-state index in [0.717, 1.165) is 16.7 Å². The molecule has 0 aliphatic rings. The van der Waals surface area contributed by atoms with Crippen molar-refractivity contribution in [1.29, 1.82) is 0 Å². The van der Waals surface area contributed by atoms with Gasteiger partial charge in [-0.2, -0.15) is 0 Å². The fourth-order valence-corrected chi connectivity index (χ4v) is 1.79. The van der Waals surface area contributed by atoms with Gasteiger partial charge in [-0.15, -0.1) is 0 Å². The van der Waals surface area contributed by atoms with Crippen LogP contribution in [0.2, 0.25) is 0 Å². The van der Waals surface area contributed by atoms with Crippen molar-refractivity contribution in [3.05, 3.63) is 58.9 Å². The molecule has 0 saturated heterocycles. The van der Waals surface area contributed by atoms with E-state index in [0.29, 0.717) is 12.4 Å². The van der Waals surface area contributed by atoms with Gasteiger partial charge in [-0.05, 0) is 54.8 Å². The molecule has 0 unspecified atom stereocenters. The number of halogens is 1. The van der Waals surface area contributed by atoms with E-state index in [1.165, 1.54) is 12.1 Å². The van der Waals surface area contributed by atoms with E-state index in [1.54, 1.807) is 18.2 Å². The Bertz CT molecular complexity index is 544. The van der Waals surface area contributed by atoms with E-state index in [9.17, 15) is 9.50 Å². The zero-order chi connectivity index (χ0) is 13.1. The maximum atomic E-state index is 12.9. The Kier molecular flexibility index (Phi) is 3.51. The van der Waals surface area contributed by atoms with Crippen LogP contribution in [0.1, 0.15) is 16.7 Å². The van der Waals surface area contributed by atoms with Crippen molar-refractivity contribution in [2.24, 2.45) is 0 Å². The minimum atomic E-state index is -0.246. The first kappa shape index (κ1) is 12.4. The largest absolute Gasteiger partial charge is 0.508 e. The van der Waals surface area contributed by atoms with Gasteiger partial charge in [0.1, 0.15) is 23.9 Å². The lowest BCUT2D eigenvalue weighted by atomic mass is 10.1. The number of phenolic OH excluding ortho intramolecular Hbond substituents is 1. The van der Waals surface area contributed by atoms with E-state index in [4.69, 9.17) is 4.74 Å². The van der Waals surface area contributed by atoms with Crippen LogP contribution >= 0.6 is 0 Å². The van der Waals surface area contributed by atoms with Gasteiger partial charge < -0.3 is 9.84 Å². The molecule has 0 fully saturated rings. The maximum Gasteiger partial charge on any atom is 0.123 e. The van der Waals surface area contributed by atoms with Gasteiger partial charge in [0, 0.05) is 6.07 Å². The van der Waals surface area contributed by atoms with Crippen LogP contribution in [-0.4, -0.2) is 5.11 Å². The molecular weight excluding hydrogens is 231 g/mol. The first-order chi connectivity index (χ1) is 8.54. The van der Waals surface area contributed by atoms with Crippen molar-refractivity contribution in [1.82, 2.24) is 0 Å². The van der Waals surface area contributed by atoms with Gasteiger partial charge in [0.05, 0.1) is 0 Å². The predicted molar refractivity (Wildman–Crippen MR) is 68.3 cm³/mol. The zero-order valence-corrected chi connectivity index (χ0v) is 10.4. The van der Waals surface area contributed by atoms with Crippen LogP contribution in [0.15, 0.2) is 36.4 Å². The Labute approximate surface area is 106 Å². The van der Waals surface area contributed by atoms with E-state index >= 15 is 0 Å². The molecule has 0 atom stereocenters. The van der Waals surface area contributed by atoms with Gasteiger partial charge in [-0.1, -0.05) is 6.07 Å². The van der Waals surface area contributed by atoms with E-state index in [2.05, 4.69) is 0 Å². The third-order valence-corrected chi connectivity index (χ3v) is 2.73. The van der Waals surface area contributed by atoms with Crippen molar-refractivity contribution in [2.75, 3.05) is 0 Å². The Balaban J connectivity index is 2.11. The van der Waals surface area contributed by atoms with Gasteiger partial charge in [0.25, 0.3) is 0 Å². The molecule has 2 rings (SSSR count). The summed E-state index contributed by atoms with van der Waals surface area (Å²) >= 11 is 0. The minimum Gasteiger partial charge on any atom is -0.508 e. The second-order valence-corrected chi connectivity index (χ2v) is 4.36. The first-order valence-electron chi connectivity index (χ1n) is 5.73. The van der Waals surface area contributed by atoms with Gasteiger partial charge in [-0.25, -0.2) is 4.39 Å². The number of ether oxygens (including phenoxy) is 1. The smallest absolute Gasteiger partial charge is 0.123 e. The summed E-state index contributed by atoms with van der Waals surface area (Å²) in [5.74, 6) is 0.543. The highest BCUT2D eigenvalue weighted by Gasteiger charge is 2.03. The van der Waals surface area contributed by atoms with E-state index in [1.807, 2.05) is 19.9 Å². The second kappa shape index (κ2) is 5.08. The monoisotopic (exact) mass is 246 g/mol. The summed E-state index contributed by atoms with van der Waals surface area (Å²) in [5, 5.41) is 9.45. The number of aromatic hydroxyl groups is 1. The molecule has 0 amide bonds. The Hall–Kier alpha value is -2.03. The molecule has 0 radical (unpaired) electrons. The minimum absolute atomic E-state index is 0.181. The molecule has 0 aliphatic carbocycles. The predicted octanol–water partition coefficient (Wildman–Crippen LogP) is 3.73. The summed E-state index contributed by atoms with van der Waals surface area (Å²) in [7, 11) is 0. The first-order valence-corrected chi connectivity index (χ1v) is 5.73. The number of phenols is 1. The number of rotatable bonds is 3. The highest BCUT2D eigenvalue weighted by Crippen LogP contribution is 2.22. The van der Waals surface area contributed by atoms with Crippen molar-refractivity contribution in [3.8, 4) is 11.5 Å². The molecule has 0 bridgehead atoms. The quantitative estimate of drug-likeness (QED) is 0.894. The molecule has 0 heterocycles. The summed E-state index contributed by atoms with van der Waals surface area (Å²) in [6.07, 6.45) is 0. The number of aryl methyl sites for hydroxylation is 2. The lowest BCUT2D eigenvalue weighted by Gasteiger charge is -2.10. The van der Waals surface area contributed by atoms with Gasteiger partial charge in [0.2, 0.25) is 0 Å². The van der Waals surface area contributed by atoms with Crippen molar-refractivity contribution >= 4 is 0 Å². The molecule has 1 N–H and O–H groups in total. The summed E-state index contributed by atoms with van der Waals surface area (Å²) in [5.41, 5.74) is 2.71. The normalized spacial score (nSPS) is 10.4. The number of benzene rings is 2. The third-order valence-electron chi connectivity index (χ3n) is 2.73. The molecule has 0 aliphatic heterocycles. The van der Waals surface area contributed by atoms with Gasteiger partial charge in [-0.3, -0.25) is 0 Å². The highest BCUT2D eigenvalue weighted by atomic mass is 19.1. The van der Waals surface area contributed by atoms with Gasteiger partial charge in [0.15, 0.2) is 0 Å². The zero-order valence-electron chi connectivity index (χ0n) is 10.4. The molecule has 0 spiro atoms. The second-order valence-electron chi connectivity index (χ2n) is 4.36. The molecule has 0 aromatic heterocycles. The van der Waals surface area contributed by atoms with Crippen LogP contribution in [0.3, 0.4) is 0 Å². The van der Waals surface area contributed by atoms with Crippen LogP contribution < -0.4 is 4.74 Å². The molecule has 18 heavy (non-hydrogen) atoms. The topological polar surface area (TPSA) is 29.5 Å². The fraction of sp³-hybridized carbons (Fsp3) is 0.200. The maximum absolute atomic E-state index is 12.9. The molecule has 0 saturated carbocycles. The van der Waals surface area contributed by atoms with Crippen LogP contribution in [0.25, 0.3) is 0 Å². The molecule has 2 aromatic rings. The molecule has 3 heteroatoms. The lowest BCUT2D eigenvalue weighted by Crippen LogP contribution is -1.98. The molecule has 2 aromatic carbocycles. The Morgan fingerprint density at radius 2 is 1.89 bits per heavy atom. The molecular formula is C15H15FO2. The summed E-state index contributed by atoms with van der Waals surface area (Å²) in [6.45, 7) is 4.08. The summed E-state index contributed by atoms with van der Waals surface area (Å²) < 4.78 is 18.5. The van der Waals surface area contributed by atoms with Crippen molar-refractivity contribution in [3.63, 3.8) is 0 Å². The summed E-state index contributed by atoms with van der Waals surface area (Å²) in [6, 6.07) is 9.67. The van der Waals surface area contributed by atoms with Gasteiger partial charge >= 0.3 is 0 Å². The Morgan fingerprint density at radius 1 is 1.11 bits per heavy atom. The SMILES string of the molecule is Cc1cc(O)cc(OCc2ccc(F)cc2C)c1. The average Bonchev–Trinajstić information content (AvgIpc) is 2.26. The number of hydrogen-bond acceptors (Lipinski definition) is 2. The Morgan fingerprint density at radius 3 is 2.56 bits per heavy atom. The average molecular weight is 246 g/mol. The molecule has 94 valence electrons. The number of hydrogen-bond donors (Lipinski definition) is 1. The van der Waals surface area contributed by atoms with E-state index < -0.39 is 0 Å². The highest BCUT2D eigenvalue weighted by molar-refractivity contribution is 5.37. The van der Waals surface area contributed by atoms with Crippen molar-refractivity contribution < 1.29 is 14.2 Å². The molecule has 2 nitrogen and oxygen atoms in total. The van der Waals surface area contributed by atoms with E-state index in [-0.39, 0.29) is 11.6 Å². The standard InChI is InChI=1S/C15H15FO2/c1-10-5-14(17)8-15(6-10)18-9-12-3-4-13(16)7-11(12)2/h3-8,17H,9H2,1-2H3.